The fraction of sp³-hybridized carbons (Fsp3) is 0.360. The molecule has 1 fully saturated rings. The fourth-order valence-electron chi connectivity index (χ4n) is 4.39. The molecule has 1 saturated heterocycles. The van der Waals surface area contributed by atoms with Gasteiger partial charge in [0.1, 0.15) is 5.82 Å². The van der Waals surface area contributed by atoms with E-state index in [9.17, 15) is 9.18 Å². The molecule has 2 heterocycles. The van der Waals surface area contributed by atoms with E-state index in [1.54, 1.807) is 32.5 Å². The normalized spacial score (nSPS) is 16.1. The van der Waals surface area contributed by atoms with Crippen molar-refractivity contribution in [3.8, 4) is 22.6 Å². The number of nitrogens with one attached hydrogen (secondary N) is 1. The Bertz CT molecular complexity index is 1080. The summed E-state index contributed by atoms with van der Waals surface area (Å²) in [7, 11) is 3.21. The number of aromatic amines is 1. The molecular formula is C25H28FN3O3. The number of carbonyl (C=O) groups is 1. The largest absolute Gasteiger partial charge is 0.493 e. The first-order chi connectivity index (χ1) is 15.6. The van der Waals surface area contributed by atoms with Crippen LogP contribution in [0, 0.1) is 5.82 Å². The number of aromatic nitrogens is 2. The standard InChI is InChI=1S/C25H28FN3O3/c1-31-22-11-9-17(14-23(22)32-2)10-12-24(30)29-13-5-6-18(16-29)25-20(15-27-28-25)19-7-3-4-8-21(19)26/h3-4,7-9,11,14-15,18H,5-6,10,12-13,16H2,1-2H3,(H,27,28)/t18-/m1/s1. The summed E-state index contributed by atoms with van der Waals surface area (Å²) in [4.78, 5) is 14.9. The summed E-state index contributed by atoms with van der Waals surface area (Å²) in [5, 5.41) is 7.24. The molecule has 2 aromatic carbocycles. The minimum atomic E-state index is -0.270. The van der Waals surface area contributed by atoms with Gasteiger partial charge in [-0.15, -0.1) is 0 Å². The molecule has 0 bridgehead atoms. The Hall–Kier alpha value is -3.35. The van der Waals surface area contributed by atoms with E-state index >= 15 is 0 Å². The Labute approximate surface area is 187 Å². The number of halogens is 1. The van der Waals surface area contributed by atoms with Crippen LogP contribution >= 0.6 is 0 Å². The van der Waals surface area contributed by atoms with Crippen LogP contribution in [0.15, 0.2) is 48.7 Å². The Kier molecular flexibility index (Phi) is 6.73. The second kappa shape index (κ2) is 9.85. The first-order valence-electron chi connectivity index (χ1n) is 10.9. The molecule has 168 valence electrons. The second-order valence-electron chi connectivity index (χ2n) is 8.05. The van der Waals surface area contributed by atoms with Crippen LogP contribution < -0.4 is 9.47 Å². The third-order valence-electron chi connectivity index (χ3n) is 6.09. The Morgan fingerprint density at radius 2 is 1.97 bits per heavy atom. The number of likely N-dealkylation sites (tertiary alicyclic amines) is 1. The van der Waals surface area contributed by atoms with E-state index < -0.39 is 0 Å². The lowest BCUT2D eigenvalue weighted by molar-refractivity contribution is -0.132. The van der Waals surface area contributed by atoms with Gasteiger partial charge in [0.25, 0.3) is 0 Å². The maximum atomic E-state index is 14.3. The highest BCUT2D eigenvalue weighted by Crippen LogP contribution is 2.34. The van der Waals surface area contributed by atoms with Crippen LogP contribution in [-0.2, 0) is 11.2 Å². The van der Waals surface area contributed by atoms with E-state index in [-0.39, 0.29) is 17.6 Å². The van der Waals surface area contributed by atoms with Gasteiger partial charge in [-0.05, 0) is 43.0 Å². The van der Waals surface area contributed by atoms with E-state index in [1.807, 2.05) is 29.2 Å². The van der Waals surface area contributed by atoms with Gasteiger partial charge in [-0.25, -0.2) is 4.39 Å². The van der Waals surface area contributed by atoms with Crippen molar-refractivity contribution in [2.75, 3.05) is 27.3 Å². The lowest BCUT2D eigenvalue weighted by Crippen LogP contribution is -2.39. The molecule has 4 rings (SSSR count). The minimum absolute atomic E-state index is 0.103. The van der Waals surface area contributed by atoms with Gasteiger partial charge in [0.2, 0.25) is 5.91 Å². The lowest BCUT2D eigenvalue weighted by Gasteiger charge is -2.33. The summed E-state index contributed by atoms with van der Waals surface area (Å²) in [6.45, 7) is 1.35. The molecule has 6 nitrogen and oxygen atoms in total. The first-order valence-corrected chi connectivity index (χ1v) is 10.9. The van der Waals surface area contributed by atoms with Crippen molar-refractivity contribution in [1.29, 1.82) is 0 Å². The van der Waals surface area contributed by atoms with Crippen LogP contribution in [0.4, 0.5) is 4.39 Å². The molecule has 0 radical (unpaired) electrons. The molecule has 32 heavy (non-hydrogen) atoms. The van der Waals surface area contributed by atoms with Gasteiger partial charge in [-0.2, -0.15) is 5.10 Å². The lowest BCUT2D eigenvalue weighted by atomic mass is 9.90. The van der Waals surface area contributed by atoms with Gasteiger partial charge in [-0.1, -0.05) is 24.3 Å². The summed E-state index contributed by atoms with van der Waals surface area (Å²) in [5.74, 6) is 1.29. The van der Waals surface area contributed by atoms with Crippen molar-refractivity contribution in [1.82, 2.24) is 15.1 Å². The third kappa shape index (κ3) is 4.61. The van der Waals surface area contributed by atoms with Gasteiger partial charge >= 0.3 is 0 Å². The van der Waals surface area contributed by atoms with Gasteiger partial charge in [0, 0.05) is 42.2 Å². The first kappa shape index (κ1) is 21.9. The van der Waals surface area contributed by atoms with Gasteiger partial charge in [-0.3, -0.25) is 9.89 Å². The Morgan fingerprint density at radius 1 is 1.16 bits per heavy atom. The highest BCUT2D eigenvalue weighted by atomic mass is 19.1. The monoisotopic (exact) mass is 437 g/mol. The highest BCUT2D eigenvalue weighted by Gasteiger charge is 2.28. The zero-order valence-electron chi connectivity index (χ0n) is 18.4. The maximum absolute atomic E-state index is 14.3. The molecule has 1 amide bonds. The average Bonchev–Trinajstić information content (AvgIpc) is 3.32. The Balaban J connectivity index is 1.42. The van der Waals surface area contributed by atoms with E-state index in [1.165, 1.54) is 6.07 Å². The summed E-state index contributed by atoms with van der Waals surface area (Å²) < 4.78 is 25.0. The summed E-state index contributed by atoms with van der Waals surface area (Å²) in [6, 6.07) is 12.4. The van der Waals surface area contributed by atoms with Crippen LogP contribution in [0.3, 0.4) is 0 Å². The number of benzene rings is 2. The smallest absolute Gasteiger partial charge is 0.222 e. The van der Waals surface area contributed by atoms with Gasteiger partial charge in [0.05, 0.1) is 20.4 Å². The van der Waals surface area contributed by atoms with Crippen LogP contribution in [0.25, 0.3) is 11.1 Å². The molecule has 0 spiro atoms. The van der Waals surface area contributed by atoms with Crippen LogP contribution in [0.5, 0.6) is 11.5 Å². The number of amides is 1. The SMILES string of the molecule is COc1ccc(CCC(=O)N2CCC[C@@H](c3[nH]ncc3-c3ccccc3F)C2)cc1OC. The van der Waals surface area contributed by atoms with E-state index in [0.717, 1.165) is 36.2 Å². The number of nitrogens with zero attached hydrogens (tertiary/aromatic N) is 2. The number of H-pyrrole nitrogens is 1. The summed E-state index contributed by atoms with van der Waals surface area (Å²) >= 11 is 0. The number of piperidine rings is 1. The molecule has 3 aromatic rings. The maximum Gasteiger partial charge on any atom is 0.222 e. The Morgan fingerprint density at radius 3 is 2.75 bits per heavy atom. The molecule has 1 aliphatic heterocycles. The highest BCUT2D eigenvalue weighted by molar-refractivity contribution is 5.77. The second-order valence-corrected chi connectivity index (χ2v) is 8.05. The van der Waals surface area contributed by atoms with Gasteiger partial charge in [0.15, 0.2) is 11.5 Å². The molecule has 1 aromatic heterocycles. The van der Waals surface area contributed by atoms with Crippen molar-refractivity contribution < 1.29 is 18.7 Å². The van der Waals surface area contributed by atoms with Crippen LogP contribution in [0.1, 0.15) is 36.4 Å². The van der Waals surface area contributed by atoms with Gasteiger partial charge < -0.3 is 14.4 Å². The molecular weight excluding hydrogens is 409 g/mol. The zero-order valence-corrected chi connectivity index (χ0v) is 18.4. The predicted octanol–water partition coefficient (Wildman–Crippen LogP) is 4.57. The minimum Gasteiger partial charge on any atom is -0.493 e. The average molecular weight is 438 g/mol. The number of hydrogen-bond acceptors (Lipinski definition) is 4. The quantitative estimate of drug-likeness (QED) is 0.588. The zero-order chi connectivity index (χ0) is 22.5. The molecule has 0 unspecified atom stereocenters. The van der Waals surface area contributed by atoms with Crippen molar-refractivity contribution in [2.45, 2.75) is 31.6 Å². The number of carbonyl (C=O) groups excluding carboxylic acids is 1. The van der Waals surface area contributed by atoms with Crippen molar-refractivity contribution in [3.63, 3.8) is 0 Å². The van der Waals surface area contributed by atoms with E-state index in [2.05, 4.69) is 10.2 Å². The van der Waals surface area contributed by atoms with Crippen molar-refractivity contribution >= 4 is 5.91 Å². The predicted molar refractivity (Wildman–Crippen MR) is 120 cm³/mol. The number of rotatable bonds is 7. The van der Waals surface area contributed by atoms with Crippen molar-refractivity contribution in [3.05, 3.63) is 65.7 Å². The third-order valence-corrected chi connectivity index (χ3v) is 6.09. The molecule has 1 atom stereocenters. The molecule has 7 heteroatoms. The molecule has 0 saturated carbocycles. The van der Waals surface area contributed by atoms with E-state index in [4.69, 9.17) is 9.47 Å². The van der Waals surface area contributed by atoms with Crippen LogP contribution in [0.2, 0.25) is 0 Å². The van der Waals surface area contributed by atoms with Crippen molar-refractivity contribution in [2.24, 2.45) is 0 Å². The molecule has 1 N–H and O–H groups in total. The molecule has 1 aliphatic rings. The number of ether oxygens (including phenoxy) is 2. The summed E-state index contributed by atoms with van der Waals surface area (Å²) in [6.07, 6.45) is 4.56. The molecule has 0 aliphatic carbocycles. The topological polar surface area (TPSA) is 67.5 Å². The fourth-order valence-corrected chi connectivity index (χ4v) is 4.39. The number of methoxy groups -OCH3 is 2. The summed E-state index contributed by atoms with van der Waals surface area (Å²) in [5.41, 5.74) is 3.23. The number of hydrogen-bond donors (Lipinski definition) is 1. The number of aryl methyl sites for hydroxylation is 1. The van der Waals surface area contributed by atoms with Crippen LogP contribution in [-0.4, -0.2) is 48.3 Å². The van der Waals surface area contributed by atoms with E-state index in [0.29, 0.717) is 36.4 Å².